The molecule has 0 radical (unpaired) electrons. The fourth-order valence-electron chi connectivity index (χ4n) is 10.1. The molecule has 37 heteroatoms. The lowest BCUT2D eigenvalue weighted by Gasteiger charge is -2.24. The maximum absolute atomic E-state index is 14.9. The summed E-state index contributed by atoms with van der Waals surface area (Å²) in [5.74, 6) is -4.97. The minimum absolute atomic E-state index is 0.0257. The van der Waals surface area contributed by atoms with E-state index in [4.69, 9.17) is 23.7 Å². The zero-order chi connectivity index (χ0) is 79.8. The number of aliphatic carboxylic acids is 1. The molecule has 0 fully saturated rings. The van der Waals surface area contributed by atoms with Crippen LogP contribution in [0.25, 0.3) is 11.1 Å². The SMILES string of the molecule is CCCNC(=O)Nc1cccc(S(=O)(=O)Nc2cccc([C@@H](CC(=O)O)NC(=O)Nc3ccc(NC(=O)NCCOCCOCCOCCC(=O)N[C@H](C(=O)N[C@@H](C)C(=O)Nc4ccc(COC(=O)NCC(=O)N=S(C)(=O)Cc5ccnc(Nc6cc(-c7ccc(F)cc7OC)c(F)cn6)c5)cc4)C(C)C)cc3)c2)c1. The Bertz CT molecular complexity index is 4620. The molecule has 588 valence electrons. The lowest BCUT2D eigenvalue weighted by Crippen LogP contribution is -2.53. The van der Waals surface area contributed by atoms with Crippen molar-refractivity contribution < 1.29 is 93.3 Å². The molecule has 1 unspecified atom stereocenters. The maximum atomic E-state index is 14.9. The number of nitrogens with zero attached hydrogens (tertiary/aromatic N) is 3. The van der Waals surface area contributed by atoms with Crippen molar-refractivity contribution in [1.82, 2.24) is 41.9 Å². The van der Waals surface area contributed by atoms with Crippen LogP contribution >= 0.6 is 0 Å². The molecule has 33 nitrogen and oxygen atoms in total. The van der Waals surface area contributed by atoms with Crippen LogP contribution in [0, 0.1) is 17.6 Å². The Balaban J connectivity index is 0.705. The Morgan fingerprint density at radius 3 is 1.91 bits per heavy atom. The van der Waals surface area contributed by atoms with E-state index in [9.17, 15) is 69.7 Å². The van der Waals surface area contributed by atoms with Crippen LogP contribution in [0.3, 0.4) is 0 Å². The van der Waals surface area contributed by atoms with Gasteiger partial charge in [-0.15, -0.1) is 0 Å². The van der Waals surface area contributed by atoms with Gasteiger partial charge < -0.3 is 87.3 Å². The number of carbonyl (C=O) groups excluding carboxylic acids is 8. The van der Waals surface area contributed by atoms with E-state index in [1.165, 1.54) is 117 Å². The van der Waals surface area contributed by atoms with Crippen molar-refractivity contribution >= 4 is 114 Å². The summed E-state index contributed by atoms with van der Waals surface area (Å²) in [7, 11) is -6.03. The van der Waals surface area contributed by atoms with Crippen LogP contribution in [-0.4, -0.2) is 166 Å². The highest BCUT2D eigenvalue weighted by molar-refractivity contribution is 7.93. The van der Waals surface area contributed by atoms with Crippen molar-refractivity contribution in [1.29, 1.82) is 0 Å². The van der Waals surface area contributed by atoms with Gasteiger partial charge in [-0.3, -0.25) is 28.7 Å². The van der Waals surface area contributed by atoms with Crippen molar-refractivity contribution in [3.63, 3.8) is 0 Å². The van der Waals surface area contributed by atoms with E-state index >= 15 is 0 Å². The zero-order valence-electron chi connectivity index (χ0n) is 60.9. The topological polar surface area (TPSA) is 454 Å². The third-order valence-electron chi connectivity index (χ3n) is 15.4. The number of amides is 11. The molecule has 7 aromatic rings. The number of ether oxygens (including phenoxy) is 5. The average Bonchev–Trinajstić information content (AvgIpc) is 0.810. The molecule has 2 heterocycles. The van der Waals surface area contributed by atoms with Gasteiger partial charge in [-0.25, -0.2) is 50.6 Å². The quantitative estimate of drug-likeness (QED) is 0.0160. The fourth-order valence-corrected chi connectivity index (χ4v) is 12.5. The van der Waals surface area contributed by atoms with Gasteiger partial charge in [0.2, 0.25) is 17.7 Å². The summed E-state index contributed by atoms with van der Waals surface area (Å²) in [6.07, 6.45) is 2.81. The fraction of sp³-hybridized carbons (Fsp3) is 0.329. The molecule has 13 N–H and O–H groups in total. The van der Waals surface area contributed by atoms with Crippen LogP contribution in [0.1, 0.15) is 69.7 Å². The molecule has 5 aromatic carbocycles. The van der Waals surface area contributed by atoms with Gasteiger partial charge in [0.05, 0.1) is 85.8 Å². The van der Waals surface area contributed by atoms with Crippen LogP contribution in [-0.2, 0) is 75.0 Å². The lowest BCUT2D eigenvalue weighted by molar-refractivity contribution is -0.137. The summed E-state index contributed by atoms with van der Waals surface area (Å²) in [5.41, 5.74) is 3.01. The van der Waals surface area contributed by atoms with Crippen molar-refractivity contribution in [2.45, 2.75) is 82.3 Å². The van der Waals surface area contributed by atoms with Crippen molar-refractivity contribution in [2.75, 3.05) is 104 Å². The van der Waals surface area contributed by atoms with Gasteiger partial charge in [-0.05, 0) is 133 Å². The van der Waals surface area contributed by atoms with E-state index in [0.29, 0.717) is 41.2 Å². The second-order valence-electron chi connectivity index (χ2n) is 24.7. The number of pyridine rings is 2. The summed E-state index contributed by atoms with van der Waals surface area (Å²) < 4.78 is 102. The third-order valence-corrected chi connectivity index (χ3v) is 18.3. The number of urea groups is 3. The number of carboxylic acid groups (broad SMARTS) is 1. The summed E-state index contributed by atoms with van der Waals surface area (Å²) in [6, 6.07) is 27.0. The van der Waals surface area contributed by atoms with Gasteiger partial charge in [0.15, 0.2) is 0 Å². The normalized spacial score (nSPS) is 12.4. The largest absolute Gasteiger partial charge is 0.496 e. The molecule has 0 aliphatic rings. The number of aromatic nitrogens is 2. The first-order chi connectivity index (χ1) is 52.5. The van der Waals surface area contributed by atoms with Gasteiger partial charge in [0, 0.05) is 77.6 Å². The molecule has 0 saturated carbocycles. The first-order valence-corrected chi connectivity index (χ1v) is 37.9. The molecule has 0 saturated heterocycles. The highest BCUT2D eigenvalue weighted by atomic mass is 32.2. The van der Waals surface area contributed by atoms with E-state index in [2.05, 4.69) is 77.5 Å². The summed E-state index contributed by atoms with van der Waals surface area (Å²) in [5, 5.41) is 38.7. The highest BCUT2D eigenvalue weighted by Gasteiger charge is 2.28. The number of alkyl carbamates (subject to hydrolysis) is 1. The molecule has 110 heavy (non-hydrogen) atoms. The highest BCUT2D eigenvalue weighted by Crippen LogP contribution is 2.34. The second kappa shape index (κ2) is 42.6. The van der Waals surface area contributed by atoms with E-state index in [0.717, 1.165) is 12.3 Å². The van der Waals surface area contributed by atoms with Crippen LogP contribution in [0.15, 0.2) is 155 Å². The van der Waals surface area contributed by atoms with Gasteiger partial charge in [-0.1, -0.05) is 51.1 Å². The zero-order valence-corrected chi connectivity index (χ0v) is 62.5. The van der Waals surface area contributed by atoms with E-state index in [1.54, 1.807) is 50.2 Å². The van der Waals surface area contributed by atoms with Crippen LogP contribution < -0.4 is 67.9 Å². The number of nitrogens with one attached hydrogen (secondary N) is 12. The van der Waals surface area contributed by atoms with Crippen LogP contribution in [0.5, 0.6) is 5.75 Å². The molecular weight excluding hydrogens is 1480 g/mol. The van der Waals surface area contributed by atoms with E-state index in [-0.39, 0.29) is 121 Å². The minimum atomic E-state index is -4.18. The summed E-state index contributed by atoms with van der Waals surface area (Å²) in [4.78, 5) is 122. The number of anilines is 7. The molecule has 0 aliphatic heterocycles. The number of sulfonamides is 1. The Labute approximate surface area is 633 Å². The first kappa shape index (κ1) is 85.3. The monoisotopic (exact) mass is 1560 g/mol. The van der Waals surface area contributed by atoms with Gasteiger partial charge in [0.1, 0.15) is 54.3 Å². The van der Waals surface area contributed by atoms with Crippen molar-refractivity contribution in [3.8, 4) is 16.9 Å². The Kier molecular flexibility index (Phi) is 33.0. The number of carbonyl (C=O) groups is 9. The molecule has 7 rings (SSSR count). The summed E-state index contributed by atoms with van der Waals surface area (Å²) >= 11 is 0. The number of benzene rings is 5. The number of hydrogen-bond donors (Lipinski definition) is 13. The average molecular weight is 1560 g/mol. The third kappa shape index (κ3) is 29.3. The molecular formula is C73H87F2N15O18S2. The molecule has 0 spiro atoms. The smallest absolute Gasteiger partial charge is 0.407 e. The lowest BCUT2D eigenvalue weighted by atomic mass is 10.0. The number of rotatable bonds is 40. The number of methoxy groups -OCH3 is 1. The van der Waals surface area contributed by atoms with Crippen molar-refractivity contribution in [3.05, 3.63) is 174 Å². The number of halogens is 2. The van der Waals surface area contributed by atoms with Gasteiger partial charge in [-0.2, -0.15) is 4.36 Å². The standard InChI is InChI=1S/C73H87F2N15O18S2/c1-7-26-77-70(97)85-54-11-9-13-56(38-54)110(102,103)89-55-12-8-10-49(36-55)60(40-66(93)94)86-72(99)84-53-21-19-52(20-22-53)83-71(98)78-28-30-106-32-34-107-33-31-105-29-25-64(91)88-67(45(2)3)69(96)81-46(4)68(95)82-51-17-14-47(15-18-51)43-108-73(100)80-42-65(92)90-109(6,101)44-48-24-27-76-62(35-48)87-63-39-58(59(75)41-79-63)57-23-16-50(74)37-61(57)104-5/h8-24,27,35-39,41,45-46,60,67,89H,7,25-26,28-34,40,42-44H2,1-6H3,(H,80,100)(H,81,96)(H,82,95)(H,88,91)(H,93,94)(H,76,79,87)(H2,77,85,97)(H2,78,83,98)(H2,84,86,99)/t46-,60+,67-,109?/m0/s1. The van der Waals surface area contributed by atoms with E-state index in [1.807, 2.05) is 6.92 Å². The predicted octanol–water partition coefficient (Wildman–Crippen LogP) is 8.74. The Hall–Kier alpha value is -11.9. The second-order valence-corrected chi connectivity index (χ2v) is 28.8. The Morgan fingerprint density at radius 1 is 0.600 bits per heavy atom. The predicted molar refractivity (Wildman–Crippen MR) is 405 cm³/mol. The number of hydrogen-bond acceptors (Lipinski definition) is 20. The maximum Gasteiger partial charge on any atom is 0.407 e. The van der Waals surface area contributed by atoms with Crippen LogP contribution in [0.4, 0.5) is 68.0 Å². The Morgan fingerprint density at radius 2 is 1.23 bits per heavy atom. The van der Waals surface area contributed by atoms with E-state index < -0.39 is 116 Å². The minimum Gasteiger partial charge on any atom is -0.496 e. The molecule has 4 atom stereocenters. The van der Waals surface area contributed by atoms with Gasteiger partial charge in [0.25, 0.3) is 15.9 Å². The molecule has 0 aliphatic carbocycles. The number of carboxylic acids is 1. The van der Waals surface area contributed by atoms with Gasteiger partial charge >= 0.3 is 30.2 Å². The molecule has 11 amide bonds. The molecule has 2 aromatic heterocycles. The van der Waals surface area contributed by atoms with Crippen molar-refractivity contribution in [2.24, 2.45) is 10.3 Å². The van der Waals surface area contributed by atoms with Crippen LogP contribution in [0.2, 0.25) is 0 Å². The first-order valence-electron chi connectivity index (χ1n) is 34.3. The molecule has 0 bridgehead atoms. The summed E-state index contributed by atoms with van der Waals surface area (Å²) in [6.45, 7) is 7.49.